The van der Waals surface area contributed by atoms with Crippen molar-refractivity contribution < 1.29 is 8.85 Å². The first kappa shape index (κ1) is 21.7. The van der Waals surface area contributed by atoms with Crippen LogP contribution in [0.1, 0.15) is 55.4 Å². The summed E-state index contributed by atoms with van der Waals surface area (Å²) in [5, 5.41) is 0. The first-order valence-corrected chi connectivity index (χ1v) is 15.3. The van der Waals surface area contributed by atoms with Gasteiger partial charge in [-0.15, -0.1) is 0 Å². The van der Waals surface area contributed by atoms with Gasteiger partial charge in [0.25, 0.3) is 0 Å². The zero-order chi connectivity index (χ0) is 16.7. The first-order chi connectivity index (χ1) is 9.55. The van der Waals surface area contributed by atoms with Crippen LogP contribution in [0.2, 0.25) is 30.7 Å². The Bertz CT molecular complexity index is 282. The van der Waals surface area contributed by atoms with Crippen LogP contribution in [0.15, 0.2) is 0 Å². The summed E-state index contributed by atoms with van der Waals surface area (Å²) in [6.07, 6.45) is 0. The maximum atomic E-state index is 6.53. The number of rotatable bonds is 10. The second-order valence-corrected chi connectivity index (χ2v) is 19.2. The Kier molecular flexibility index (Phi) is 9.42. The van der Waals surface area contributed by atoms with Gasteiger partial charge in [-0.1, -0.05) is 59.7 Å². The average molecular weight is 351 g/mol. The van der Waals surface area contributed by atoms with Crippen LogP contribution < -0.4 is 0 Å². The predicted octanol–water partition coefficient (Wildman–Crippen LogP) is 6.24. The Balaban J connectivity index is 4.85. The highest BCUT2D eigenvalue weighted by Crippen LogP contribution is 2.38. The third-order valence-corrected chi connectivity index (χ3v) is 17.6. The number of hydrogen-bond acceptors (Lipinski definition) is 3. The van der Waals surface area contributed by atoms with Crippen molar-refractivity contribution in [2.24, 2.45) is 5.41 Å². The van der Waals surface area contributed by atoms with E-state index in [2.05, 4.69) is 73.1 Å². The van der Waals surface area contributed by atoms with Crippen molar-refractivity contribution in [1.29, 1.82) is 0 Å². The molecule has 0 aliphatic carbocycles. The van der Waals surface area contributed by atoms with Gasteiger partial charge in [-0.25, -0.2) is 0 Å². The van der Waals surface area contributed by atoms with Gasteiger partial charge in [0.1, 0.15) is 7.22 Å². The van der Waals surface area contributed by atoms with E-state index in [9.17, 15) is 0 Å². The summed E-state index contributed by atoms with van der Waals surface area (Å²) >= 11 is 2.14. The summed E-state index contributed by atoms with van der Waals surface area (Å²) in [6, 6.07) is 5.07. The van der Waals surface area contributed by atoms with E-state index in [0.717, 1.165) is 12.7 Å². The van der Waals surface area contributed by atoms with Crippen molar-refractivity contribution in [2.75, 3.05) is 6.61 Å². The van der Waals surface area contributed by atoms with Gasteiger partial charge in [-0.3, -0.25) is 0 Å². The van der Waals surface area contributed by atoms with Gasteiger partial charge in [-0.2, -0.15) is 11.2 Å². The molecule has 0 fully saturated rings. The summed E-state index contributed by atoms with van der Waals surface area (Å²) in [5.41, 5.74) is 0.525. The highest BCUT2D eigenvalue weighted by Gasteiger charge is 2.39. The molecule has 0 aliphatic rings. The fourth-order valence-electron chi connectivity index (χ4n) is 3.12. The predicted molar refractivity (Wildman–Crippen MR) is 103 cm³/mol. The molecule has 0 bridgehead atoms. The van der Waals surface area contributed by atoms with Gasteiger partial charge < -0.3 is 8.85 Å². The maximum Gasteiger partial charge on any atom is 0.336 e. The molecule has 0 rings (SSSR count). The Morgan fingerprint density at radius 1 is 1.00 bits per heavy atom. The van der Waals surface area contributed by atoms with Crippen LogP contribution >= 0.6 is 11.2 Å². The molecule has 21 heavy (non-hydrogen) atoms. The zero-order valence-corrected chi connectivity index (χ0v) is 18.7. The summed E-state index contributed by atoms with van der Waals surface area (Å²) in [7, 11) is -3.29. The van der Waals surface area contributed by atoms with Crippen LogP contribution in [0.4, 0.5) is 0 Å². The van der Waals surface area contributed by atoms with Crippen molar-refractivity contribution in [3.05, 3.63) is 0 Å². The van der Waals surface area contributed by atoms with Gasteiger partial charge in [0.15, 0.2) is 0 Å². The molecule has 128 valence electrons. The topological polar surface area (TPSA) is 18.5 Å². The Morgan fingerprint density at radius 2 is 1.48 bits per heavy atom. The van der Waals surface area contributed by atoms with Gasteiger partial charge >= 0.3 is 8.56 Å². The minimum Gasteiger partial charge on any atom is -0.395 e. The lowest BCUT2D eigenvalue weighted by molar-refractivity contribution is 0.164. The highest BCUT2D eigenvalue weighted by molar-refractivity contribution is 8.29. The molecule has 0 aromatic heterocycles. The van der Waals surface area contributed by atoms with Gasteiger partial charge in [0, 0.05) is 6.61 Å². The van der Waals surface area contributed by atoms with Crippen molar-refractivity contribution in [1.82, 2.24) is 0 Å². The largest absolute Gasteiger partial charge is 0.395 e. The van der Waals surface area contributed by atoms with E-state index in [1.54, 1.807) is 0 Å². The molecule has 2 unspecified atom stereocenters. The smallest absolute Gasteiger partial charge is 0.336 e. The van der Waals surface area contributed by atoms with Crippen LogP contribution in [0.25, 0.3) is 0 Å². The zero-order valence-electron chi connectivity index (χ0n) is 15.8. The normalized spacial score (nSPS) is 17.6. The van der Waals surface area contributed by atoms with E-state index < -0.39 is 15.8 Å². The Labute approximate surface area is 139 Å². The fourth-order valence-corrected chi connectivity index (χ4v) is 14.2. The summed E-state index contributed by atoms with van der Waals surface area (Å²) in [4.78, 5) is 0. The third-order valence-electron chi connectivity index (χ3n) is 4.07. The molecule has 2 nitrogen and oxygen atoms in total. The minimum absolute atomic E-state index is 0.259. The molecular formula is C16H38O2SSi2. The summed E-state index contributed by atoms with van der Waals surface area (Å²) < 4.78 is 12.6. The van der Waals surface area contributed by atoms with E-state index >= 15 is 0 Å². The molecule has 0 spiro atoms. The highest BCUT2D eigenvalue weighted by atomic mass is 32.4. The molecule has 0 aromatic rings. The van der Waals surface area contributed by atoms with E-state index in [-0.39, 0.29) is 10.9 Å². The molecule has 0 saturated carbocycles. The van der Waals surface area contributed by atoms with Crippen LogP contribution in [0.3, 0.4) is 0 Å². The van der Waals surface area contributed by atoms with Crippen molar-refractivity contribution in [2.45, 2.75) is 91.5 Å². The molecule has 0 aromatic carbocycles. The summed E-state index contributed by atoms with van der Waals surface area (Å²) in [5.74, 6) is 0. The van der Waals surface area contributed by atoms with Gasteiger partial charge in [0.2, 0.25) is 0 Å². The lowest BCUT2D eigenvalue weighted by Crippen LogP contribution is -2.45. The van der Waals surface area contributed by atoms with Crippen LogP contribution in [-0.4, -0.2) is 27.8 Å². The molecule has 0 amide bonds. The van der Waals surface area contributed by atoms with Crippen LogP contribution in [0, 0.1) is 5.41 Å². The van der Waals surface area contributed by atoms with Crippen molar-refractivity contribution in [3.8, 4) is 0 Å². The standard InChI is InChI=1S/C16H38O2SSi2/c1-10-17-20(9,14-16(6,7)8)18-15(5)19-21(11-2,12-3)13-4/h15H,10-14H2,1-9H3. The fraction of sp³-hybridized carbons (Fsp3) is 1.00. The molecule has 0 aliphatic heterocycles. The van der Waals surface area contributed by atoms with Gasteiger partial charge in [-0.05, 0) is 31.9 Å². The Hall–Kier alpha value is 0.704. The lowest BCUT2D eigenvalue weighted by atomic mass is 10.0. The molecule has 0 heterocycles. The maximum absolute atomic E-state index is 6.53. The second kappa shape index (κ2) is 9.11. The van der Waals surface area contributed by atoms with E-state index in [1.807, 2.05) is 0 Å². The van der Waals surface area contributed by atoms with Crippen molar-refractivity contribution in [3.63, 3.8) is 0 Å². The molecular weight excluding hydrogens is 312 g/mol. The molecule has 2 atom stereocenters. The van der Waals surface area contributed by atoms with Crippen molar-refractivity contribution >= 4 is 27.0 Å². The quantitative estimate of drug-likeness (QED) is 0.343. The minimum atomic E-state index is -2.08. The molecule has 5 heteroatoms. The molecule has 0 saturated heterocycles. The SMILES string of the molecule is CCO[Si](C)(CC(C)(C)C)OC(C)S[Si](CC)(CC)CC. The number of hydrogen-bond donors (Lipinski definition) is 0. The summed E-state index contributed by atoms with van der Waals surface area (Å²) in [6.45, 7) is 21.2. The average Bonchev–Trinajstić information content (AvgIpc) is 2.33. The lowest BCUT2D eigenvalue weighted by Gasteiger charge is -2.37. The van der Waals surface area contributed by atoms with E-state index in [0.29, 0.717) is 0 Å². The van der Waals surface area contributed by atoms with Crippen LogP contribution in [-0.2, 0) is 8.85 Å². The van der Waals surface area contributed by atoms with Crippen LogP contribution in [0.5, 0.6) is 0 Å². The van der Waals surface area contributed by atoms with Gasteiger partial charge in [0.05, 0.1) is 5.44 Å². The third kappa shape index (κ3) is 8.21. The van der Waals surface area contributed by atoms with E-state index in [1.165, 1.54) is 18.1 Å². The monoisotopic (exact) mass is 350 g/mol. The Morgan fingerprint density at radius 3 is 1.81 bits per heavy atom. The van der Waals surface area contributed by atoms with E-state index in [4.69, 9.17) is 8.85 Å². The molecule has 0 radical (unpaired) electrons. The second-order valence-electron chi connectivity index (χ2n) is 7.35. The first-order valence-electron chi connectivity index (χ1n) is 8.55. The molecule has 0 N–H and O–H groups in total.